The second-order valence-electron chi connectivity index (χ2n) is 3.18. The molecule has 1 heterocycles. The average molecular weight is 228 g/mol. The number of carbonyl (C=O) groups excluding carboxylic acids is 1. The molecule has 0 aliphatic carbocycles. The van der Waals surface area contributed by atoms with Crippen LogP contribution in [0.25, 0.3) is 0 Å². The van der Waals surface area contributed by atoms with Crippen molar-refractivity contribution in [2.24, 2.45) is 7.05 Å². The number of aryl methyl sites for hydroxylation is 1. The highest BCUT2D eigenvalue weighted by atomic mass is 16.5. The first-order chi connectivity index (χ1) is 7.45. The Hall–Kier alpha value is -1.89. The third kappa shape index (κ3) is 2.57. The molecule has 1 atom stereocenters. The second-order valence-corrected chi connectivity index (χ2v) is 3.18. The third-order valence-electron chi connectivity index (χ3n) is 2.02. The maximum atomic E-state index is 11.1. The number of ether oxygens (including phenoxy) is 1. The van der Waals surface area contributed by atoms with Crippen LogP contribution in [0.5, 0.6) is 0 Å². The van der Waals surface area contributed by atoms with Crippen molar-refractivity contribution >= 4 is 11.9 Å². The molecule has 1 aromatic rings. The molecule has 0 radical (unpaired) electrons. The van der Waals surface area contributed by atoms with Gasteiger partial charge in [0.15, 0.2) is 5.69 Å². The van der Waals surface area contributed by atoms with Crippen LogP contribution in [0.3, 0.4) is 0 Å². The van der Waals surface area contributed by atoms with Gasteiger partial charge in [-0.15, -0.1) is 0 Å². The Kier molecular flexibility index (Phi) is 3.62. The highest BCUT2D eigenvalue weighted by molar-refractivity contribution is 5.87. The molecule has 2 N–H and O–H groups in total. The third-order valence-corrected chi connectivity index (χ3v) is 2.02. The first kappa shape index (κ1) is 12.2. The molecular weight excluding hydrogens is 216 g/mol. The zero-order chi connectivity index (χ0) is 12.3. The van der Waals surface area contributed by atoms with E-state index < -0.39 is 24.5 Å². The minimum Gasteiger partial charge on any atom is -0.481 e. The summed E-state index contributed by atoms with van der Waals surface area (Å²) in [6.45, 7) is 0. The van der Waals surface area contributed by atoms with Crippen LogP contribution in [-0.4, -0.2) is 39.0 Å². The zero-order valence-corrected chi connectivity index (χ0v) is 8.88. The van der Waals surface area contributed by atoms with E-state index >= 15 is 0 Å². The SMILES string of the molecule is COC(=O)c1cc(C(O)CC(=O)O)n(C)n1. The molecule has 0 spiro atoms. The van der Waals surface area contributed by atoms with Crippen LogP contribution < -0.4 is 0 Å². The van der Waals surface area contributed by atoms with Crippen molar-refractivity contribution in [3.63, 3.8) is 0 Å². The van der Waals surface area contributed by atoms with Crippen LogP contribution in [0.1, 0.15) is 28.7 Å². The summed E-state index contributed by atoms with van der Waals surface area (Å²) in [5, 5.41) is 21.9. The first-order valence-corrected chi connectivity index (χ1v) is 4.47. The molecule has 0 aromatic carbocycles. The van der Waals surface area contributed by atoms with Crippen molar-refractivity contribution in [2.75, 3.05) is 7.11 Å². The van der Waals surface area contributed by atoms with Crippen molar-refractivity contribution in [2.45, 2.75) is 12.5 Å². The molecule has 16 heavy (non-hydrogen) atoms. The number of aliphatic hydroxyl groups excluding tert-OH is 1. The van der Waals surface area contributed by atoms with Crippen LogP contribution in [0.4, 0.5) is 0 Å². The van der Waals surface area contributed by atoms with Crippen molar-refractivity contribution in [1.29, 1.82) is 0 Å². The topological polar surface area (TPSA) is 102 Å². The summed E-state index contributed by atoms with van der Waals surface area (Å²) >= 11 is 0. The highest BCUT2D eigenvalue weighted by Crippen LogP contribution is 2.17. The normalized spacial score (nSPS) is 12.2. The summed E-state index contributed by atoms with van der Waals surface area (Å²) in [5.41, 5.74) is 0.284. The summed E-state index contributed by atoms with van der Waals surface area (Å²) in [6.07, 6.45) is -1.64. The minimum atomic E-state index is -1.20. The largest absolute Gasteiger partial charge is 0.481 e. The number of methoxy groups -OCH3 is 1. The Labute approximate surface area is 91.3 Å². The van der Waals surface area contributed by atoms with E-state index in [4.69, 9.17) is 5.11 Å². The van der Waals surface area contributed by atoms with Gasteiger partial charge in [0.1, 0.15) is 6.10 Å². The van der Waals surface area contributed by atoms with E-state index in [0.717, 1.165) is 0 Å². The number of carbonyl (C=O) groups is 2. The molecular formula is C9H12N2O5. The van der Waals surface area contributed by atoms with Crippen molar-refractivity contribution < 1.29 is 24.5 Å². The maximum absolute atomic E-state index is 11.1. The zero-order valence-electron chi connectivity index (χ0n) is 8.88. The number of carboxylic acids is 1. The molecule has 88 valence electrons. The number of nitrogens with zero attached hydrogens (tertiary/aromatic N) is 2. The van der Waals surface area contributed by atoms with Gasteiger partial charge in [-0.2, -0.15) is 5.10 Å². The van der Waals surface area contributed by atoms with Gasteiger partial charge in [-0.05, 0) is 6.07 Å². The van der Waals surface area contributed by atoms with Crippen LogP contribution >= 0.6 is 0 Å². The highest BCUT2D eigenvalue weighted by Gasteiger charge is 2.20. The predicted molar refractivity (Wildman–Crippen MR) is 51.8 cm³/mol. The number of esters is 1. The molecule has 0 aliphatic heterocycles. The van der Waals surface area contributed by atoms with Gasteiger partial charge in [-0.25, -0.2) is 4.79 Å². The summed E-state index contributed by atoms with van der Waals surface area (Å²) in [6, 6.07) is 1.30. The molecule has 0 aliphatic rings. The van der Waals surface area contributed by atoms with E-state index in [2.05, 4.69) is 9.84 Å². The molecule has 0 amide bonds. The fourth-order valence-electron chi connectivity index (χ4n) is 1.27. The molecule has 1 unspecified atom stereocenters. The lowest BCUT2D eigenvalue weighted by Crippen LogP contribution is -2.09. The summed E-state index contributed by atoms with van der Waals surface area (Å²) in [5.74, 6) is -1.77. The standard InChI is InChI=1S/C9H12N2O5/c1-11-6(7(12)4-8(13)14)3-5(10-11)9(15)16-2/h3,7,12H,4H2,1-2H3,(H,13,14). The number of hydrogen-bond donors (Lipinski definition) is 2. The van der Waals surface area contributed by atoms with Crippen molar-refractivity contribution in [3.8, 4) is 0 Å². The van der Waals surface area contributed by atoms with E-state index in [9.17, 15) is 14.7 Å². The molecule has 0 saturated carbocycles. The van der Waals surface area contributed by atoms with E-state index in [-0.39, 0.29) is 11.4 Å². The van der Waals surface area contributed by atoms with Gasteiger partial charge in [-0.3, -0.25) is 9.48 Å². The van der Waals surface area contributed by atoms with Crippen molar-refractivity contribution in [1.82, 2.24) is 9.78 Å². The summed E-state index contributed by atoms with van der Waals surface area (Å²) in [7, 11) is 2.72. The smallest absolute Gasteiger partial charge is 0.358 e. The predicted octanol–water partition coefficient (Wildman–Crippen LogP) is -0.285. The fourth-order valence-corrected chi connectivity index (χ4v) is 1.27. The maximum Gasteiger partial charge on any atom is 0.358 e. The van der Waals surface area contributed by atoms with Gasteiger partial charge in [0.25, 0.3) is 0 Å². The Balaban J connectivity index is 2.93. The van der Waals surface area contributed by atoms with E-state index in [1.54, 1.807) is 0 Å². The number of carboxylic acid groups (broad SMARTS) is 1. The molecule has 1 aromatic heterocycles. The second kappa shape index (κ2) is 4.75. The van der Waals surface area contributed by atoms with Gasteiger partial charge in [-0.1, -0.05) is 0 Å². The van der Waals surface area contributed by atoms with Gasteiger partial charge in [0.05, 0.1) is 19.2 Å². The number of aliphatic carboxylic acids is 1. The van der Waals surface area contributed by atoms with Crippen LogP contribution in [-0.2, 0) is 16.6 Å². The summed E-state index contributed by atoms with van der Waals surface area (Å²) in [4.78, 5) is 21.5. The number of aromatic nitrogens is 2. The van der Waals surface area contributed by atoms with Crippen LogP contribution in [0, 0.1) is 0 Å². The monoisotopic (exact) mass is 228 g/mol. The lowest BCUT2D eigenvalue weighted by atomic mass is 10.2. The van der Waals surface area contributed by atoms with Crippen LogP contribution in [0.2, 0.25) is 0 Å². The quantitative estimate of drug-likeness (QED) is 0.687. The number of hydrogen-bond acceptors (Lipinski definition) is 5. The fraction of sp³-hybridized carbons (Fsp3) is 0.444. The van der Waals surface area contributed by atoms with E-state index in [1.165, 1.54) is 24.9 Å². The van der Waals surface area contributed by atoms with Gasteiger partial charge < -0.3 is 14.9 Å². The summed E-state index contributed by atoms with van der Waals surface area (Å²) < 4.78 is 5.70. The molecule has 7 nitrogen and oxygen atoms in total. The van der Waals surface area contributed by atoms with E-state index in [0.29, 0.717) is 0 Å². The molecule has 0 bridgehead atoms. The van der Waals surface area contributed by atoms with Crippen molar-refractivity contribution in [3.05, 3.63) is 17.5 Å². The van der Waals surface area contributed by atoms with Gasteiger partial charge in [0.2, 0.25) is 0 Å². The van der Waals surface area contributed by atoms with Gasteiger partial charge in [0, 0.05) is 7.05 Å². The lowest BCUT2D eigenvalue weighted by Gasteiger charge is -2.06. The molecule has 0 fully saturated rings. The Morgan fingerprint density at radius 2 is 2.25 bits per heavy atom. The lowest BCUT2D eigenvalue weighted by molar-refractivity contribution is -0.139. The Morgan fingerprint density at radius 3 is 2.75 bits per heavy atom. The average Bonchev–Trinajstić information content (AvgIpc) is 2.58. The molecule has 1 rings (SSSR count). The molecule has 0 saturated heterocycles. The van der Waals surface area contributed by atoms with Gasteiger partial charge >= 0.3 is 11.9 Å². The van der Waals surface area contributed by atoms with Crippen LogP contribution in [0.15, 0.2) is 6.07 Å². The minimum absolute atomic E-state index is 0.0319. The Bertz CT molecular complexity index is 412. The Morgan fingerprint density at radius 1 is 1.62 bits per heavy atom. The number of aliphatic hydroxyl groups is 1. The first-order valence-electron chi connectivity index (χ1n) is 4.47. The number of rotatable bonds is 4. The van der Waals surface area contributed by atoms with E-state index in [1.807, 2.05) is 0 Å². The molecule has 7 heteroatoms.